The first-order chi connectivity index (χ1) is 34.5. The number of nitrogens with zero attached hydrogens (tertiary/aromatic N) is 1. The molecular weight excluding hydrogens is 906 g/mol. The Morgan fingerprint density at radius 1 is 0.451 bits per heavy atom. The van der Waals surface area contributed by atoms with Gasteiger partial charge in [-0.15, -0.1) is 0 Å². The molecule has 0 bridgehead atoms. The highest BCUT2D eigenvalue weighted by molar-refractivity contribution is 7.47. The molecule has 0 aliphatic carbocycles. The lowest BCUT2D eigenvalue weighted by Crippen LogP contribution is -2.37. The van der Waals surface area contributed by atoms with Gasteiger partial charge in [0, 0.05) is 12.8 Å². The third-order valence-electron chi connectivity index (χ3n) is 11.6. The van der Waals surface area contributed by atoms with E-state index in [9.17, 15) is 19.0 Å². The molecule has 10 heteroatoms. The number of likely N-dealkylation sites (N-methyl/N-ethyl adjacent to an activating group) is 1. The fourth-order valence-corrected chi connectivity index (χ4v) is 7.98. The predicted octanol–water partition coefficient (Wildman–Crippen LogP) is 17.4. The van der Waals surface area contributed by atoms with Crippen molar-refractivity contribution in [1.82, 2.24) is 0 Å². The van der Waals surface area contributed by atoms with Crippen molar-refractivity contribution in [1.29, 1.82) is 0 Å². The first kappa shape index (κ1) is 67.7. The zero-order valence-electron chi connectivity index (χ0n) is 45.9. The standard InChI is InChI=1S/C61H104NO8P/c1-6-8-10-12-14-16-18-20-21-22-23-24-25-26-27-28-29-30-31-32-33-34-35-36-37-38-39-40-41-42-44-46-48-50-52-54-61(64)70-59(58-69-71(65,66)68-56-55-62(3,4)5)57-67-60(63)53-51-49-47-45-43-19-17-15-13-11-9-7-2/h8,10,14,16,20-21,23-24,26-27,29-30,32-33,35-36,38-39,59H,6-7,9,11-13,15,17-19,22,25,28,31,34,37,40-58H2,1-5H3/p+1/b10-8-,16-14-,21-20-,24-23-,27-26-,30-29-,33-32-,36-35-,39-38-. The molecule has 0 aliphatic rings. The summed E-state index contributed by atoms with van der Waals surface area (Å²) in [6, 6.07) is 0. The maximum Gasteiger partial charge on any atom is 0.472 e. The molecule has 0 aromatic rings. The highest BCUT2D eigenvalue weighted by Crippen LogP contribution is 2.43. The van der Waals surface area contributed by atoms with Gasteiger partial charge >= 0.3 is 19.8 Å². The van der Waals surface area contributed by atoms with Crippen LogP contribution >= 0.6 is 7.82 Å². The largest absolute Gasteiger partial charge is 0.472 e. The van der Waals surface area contributed by atoms with Crippen LogP contribution in [-0.4, -0.2) is 74.9 Å². The summed E-state index contributed by atoms with van der Waals surface area (Å²) < 4.78 is 34.4. The van der Waals surface area contributed by atoms with Crippen LogP contribution in [0.2, 0.25) is 0 Å². The quantitative estimate of drug-likeness (QED) is 0.0211. The van der Waals surface area contributed by atoms with Crippen LogP contribution in [0.4, 0.5) is 0 Å². The maximum atomic E-state index is 12.8. The van der Waals surface area contributed by atoms with E-state index in [1.807, 2.05) is 21.1 Å². The third-order valence-corrected chi connectivity index (χ3v) is 12.6. The number of hydrogen-bond acceptors (Lipinski definition) is 7. The van der Waals surface area contributed by atoms with E-state index in [2.05, 4.69) is 123 Å². The van der Waals surface area contributed by atoms with E-state index in [1.165, 1.54) is 77.0 Å². The molecule has 0 aromatic carbocycles. The summed E-state index contributed by atoms with van der Waals surface area (Å²) >= 11 is 0. The Labute approximate surface area is 436 Å². The lowest BCUT2D eigenvalue weighted by molar-refractivity contribution is -0.870. The van der Waals surface area contributed by atoms with Crippen LogP contribution in [-0.2, 0) is 32.7 Å². The van der Waals surface area contributed by atoms with E-state index < -0.39 is 26.5 Å². The molecule has 0 aromatic heterocycles. The average Bonchev–Trinajstić information content (AvgIpc) is 3.33. The van der Waals surface area contributed by atoms with Crippen molar-refractivity contribution in [3.63, 3.8) is 0 Å². The Balaban J connectivity index is 4.16. The van der Waals surface area contributed by atoms with Crippen molar-refractivity contribution in [2.45, 2.75) is 219 Å². The number of phosphoric acid groups is 1. The number of carbonyl (C=O) groups is 2. The van der Waals surface area contributed by atoms with Crippen molar-refractivity contribution in [2.24, 2.45) is 0 Å². The van der Waals surface area contributed by atoms with Crippen molar-refractivity contribution in [2.75, 3.05) is 47.5 Å². The van der Waals surface area contributed by atoms with Crippen LogP contribution in [0.5, 0.6) is 0 Å². The number of carbonyl (C=O) groups excluding carboxylic acids is 2. The van der Waals surface area contributed by atoms with Gasteiger partial charge in [-0.05, 0) is 83.5 Å². The first-order valence-corrected chi connectivity index (χ1v) is 29.6. The molecule has 0 saturated heterocycles. The summed E-state index contributed by atoms with van der Waals surface area (Å²) in [7, 11) is 1.46. The molecule has 0 amide bonds. The van der Waals surface area contributed by atoms with Crippen LogP contribution in [0.15, 0.2) is 109 Å². The number of unbranched alkanes of at least 4 members (excludes halogenated alkanes) is 18. The molecule has 0 fully saturated rings. The number of phosphoric ester groups is 1. The Bertz CT molecular complexity index is 1570. The molecular formula is C61H105NO8P+. The summed E-state index contributed by atoms with van der Waals surface area (Å²) in [5, 5.41) is 0. The van der Waals surface area contributed by atoms with Gasteiger partial charge in [-0.1, -0.05) is 226 Å². The molecule has 406 valence electrons. The molecule has 1 N–H and O–H groups in total. The van der Waals surface area contributed by atoms with E-state index in [0.717, 1.165) is 103 Å². The summed E-state index contributed by atoms with van der Waals surface area (Å²) in [6.45, 7) is 4.29. The molecule has 9 nitrogen and oxygen atoms in total. The summed E-state index contributed by atoms with van der Waals surface area (Å²) in [5.41, 5.74) is 0. The third kappa shape index (κ3) is 55.8. The van der Waals surface area contributed by atoms with Crippen LogP contribution in [0.3, 0.4) is 0 Å². The van der Waals surface area contributed by atoms with Gasteiger partial charge in [0.1, 0.15) is 19.8 Å². The molecule has 0 heterocycles. The Hall–Kier alpha value is -3.33. The van der Waals surface area contributed by atoms with Gasteiger partial charge in [-0.2, -0.15) is 0 Å². The van der Waals surface area contributed by atoms with Crippen LogP contribution in [0, 0.1) is 0 Å². The second-order valence-electron chi connectivity index (χ2n) is 19.6. The van der Waals surface area contributed by atoms with Crippen LogP contribution in [0.25, 0.3) is 0 Å². The van der Waals surface area contributed by atoms with Gasteiger partial charge in [0.25, 0.3) is 0 Å². The minimum atomic E-state index is -4.39. The molecule has 2 unspecified atom stereocenters. The number of esters is 2. The van der Waals surface area contributed by atoms with Crippen LogP contribution in [0.1, 0.15) is 213 Å². The Morgan fingerprint density at radius 2 is 0.803 bits per heavy atom. The van der Waals surface area contributed by atoms with Gasteiger partial charge in [-0.25, -0.2) is 4.57 Å². The van der Waals surface area contributed by atoms with Gasteiger partial charge in [0.2, 0.25) is 0 Å². The lowest BCUT2D eigenvalue weighted by Gasteiger charge is -2.24. The van der Waals surface area contributed by atoms with Gasteiger partial charge in [-0.3, -0.25) is 18.6 Å². The molecule has 0 spiro atoms. The zero-order chi connectivity index (χ0) is 52.0. The topological polar surface area (TPSA) is 108 Å². The number of rotatable bonds is 50. The Kier molecular flexibility index (Phi) is 49.1. The summed E-state index contributed by atoms with van der Waals surface area (Å²) in [4.78, 5) is 35.5. The molecule has 2 atom stereocenters. The van der Waals surface area contributed by atoms with Gasteiger partial charge in [0.15, 0.2) is 6.10 Å². The molecule has 71 heavy (non-hydrogen) atoms. The van der Waals surface area contributed by atoms with E-state index in [4.69, 9.17) is 18.5 Å². The lowest BCUT2D eigenvalue weighted by atomic mass is 10.0. The minimum absolute atomic E-state index is 0.0252. The second kappa shape index (κ2) is 51.6. The number of allylic oxidation sites excluding steroid dienone is 18. The number of quaternary nitrogens is 1. The number of hydrogen-bond donors (Lipinski definition) is 1. The van der Waals surface area contributed by atoms with Crippen molar-refractivity contribution in [3.8, 4) is 0 Å². The SMILES string of the molecule is CC/C=C\C/C=C\C/C=C\C/C=C\C/C=C\C/C=C\C/C=C\C/C=C\C/C=C\CCCCCCCCCC(=O)OC(COC(=O)CCCCCCCCCCCCCC)COP(=O)(O)OCC[N+](C)(C)C. The predicted molar refractivity (Wildman–Crippen MR) is 302 cm³/mol. The summed E-state index contributed by atoms with van der Waals surface area (Å²) in [5.74, 6) is -0.815. The first-order valence-electron chi connectivity index (χ1n) is 28.1. The van der Waals surface area contributed by atoms with E-state index in [0.29, 0.717) is 17.4 Å². The average molecular weight is 1010 g/mol. The minimum Gasteiger partial charge on any atom is -0.462 e. The van der Waals surface area contributed by atoms with Crippen molar-refractivity contribution in [3.05, 3.63) is 109 Å². The van der Waals surface area contributed by atoms with E-state index in [-0.39, 0.29) is 32.0 Å². The highest BCUT2D eigenvalue weighted by Gasteiger charge is 2.27. The van der Waals surface area contributed by atoms with E-state index >= 15 is 0 Å². The fourth-order valence-electron chi connectivity index (χ4n) is 7.24. The highest BCUT2D eigenvalue weighted by atomic mass is 31.2. The summed E-state index contributed by atoms with van der Waals surface area (Å²) in [6.07, 6.45) is 71.6. The molecule has 0 radical (unpaired) electrons. The van der Waals surface area contributed by atoms with Crippen LogP contribution < -0.4 is 0 Å². The molecule has 0 rings (SSSR count). The smallest absolute Gasteiger partial charge is 0.462 e. The van der Waals surface area contributed by atoms with Gasteiger partial charge in [0.05, 0.1) is 27.7 Å². The molecule has 0 saturated carbocycles. The van der Waals surface area contributed by atoms with Crippen molar-refractivity contribution >= 4 is 19.8 Å². The molecule has 0 aliphatic heterocycles. The number of ether oxygens (including phenoxy) is 2. The fraction of sp³-hybridized carbons (Fsp3) is 0.672. The van der Waals surface area contributed by atoms with E-state index in [1.54, 1.807) is 0 Å². The maximum absolute atomic E-state index is 12.8. The normalized spacial score (nSPS) is 14.2. The second-order valence-corrected chi connectivity index (χ2v) is 21.0. The zero-order valence-corrected chi connectivity index (χ0v) is 46.8. The Morgan fingerprint density at radius 3 is 1.20 bits per heavy atom. The van der Waals surface area contributed by atoms with Gasteiger partial charge < -0.3 is 18.9 Å². The van der Waals surface area contributed by atoms with Crippen molar-refractivity contribution < 1.29 is 42.1 Å². The monoisotopic (exact) mass is 1010 g/mol.